The van der Waals surface area contributed by atoms with E-state index < -0.39 is 0 Å². The zero-order chi connectivity index (χ0) is 12.1. The molecule has 2 rings (SSSR count). The Morgan fingerprint density at radius 3 is 2.82 bits per heavy atom. The topological polar surface area (TPSA) is 66.9 Å². The normalized spacial score (nSPS) is 14.4. The van der Waals surface area contributed by atoms with E-state index in [0.717, 1.165) is 19.5 Å². The van der Waals surface area contributed by atoms with Gasteiger partial charge in [-0.1, -0.05) is 6.92 Å². The van der Waals surface area contributed by atoms with Crippen molar-refractivity contribution >= 4 is 11.7 Å². The molecule has 1 aliphatic carbocycles. The van der Waals surface area contributed by atoms with E-state index in [4.69, 9.17) is 0 Å². The van der Waals surface area contributed by atoms with Crippen LogP contribution in [0.2, 0.25) is 0 Å². The lowest BCUT2D eigenvalue weighted by atomic mass is 10.3. The van der Waals surface area contributed by atoms with Crippen LogP contribution in [0.5, 0.6) is 0 Å². The van der Waals surface area contributed by atoms with E-state index in [-0.39, 0.29) is 5.91 Å². The number of rotatable bonds is 6. The minimum atomic E-state index is -0.133. The highest BCUT2D eigenvalue weighted by Gasteiger charge is 2.22. The standard InChI is InChI=1S/C12H18N4O/c1-2-7-13-11-6-5-10(15-16-11)12(17)14-8-9-3-4-9/h5-6,9H,2-4,7-8H2,1H3,(H,13,16)(H,14,17). The molecule has 1 amide bonds. The number of aromatic nitrogens is 2. The van der Waals surface area contributed by atoms with Crippen LogP contribution in [-0.4, -0.2) is 29.2 Å². The van der Waals surface area contributed by atoms with Crippen LogP contribution >= 0.6 is 0 Å². The predicted octanol–water partition coefficient (Wildman–Crippen LogP) is 1.44. The molecule has 1 saturated carbocycles. The molecule has 0 unspecified atom stereocenters. The summed E-state index contributed by atoms with van der Waals surface area (Å²) >= 11 is 0. The van der Waals surface area contributed by atoms with E-state index in [9.17, 15) is 4.79 Å². The van der Waals surface area contributed by atoms with Gasteiger partial charge in [0.2, 0.25) is 0 Å². The molecule has 17 heavy (non-hydrogen) atoms. The van der Waals surface area contributed by atoms with Crippen LogP contribution in [0, 0.1) is 5.92 Å². The van der Waals surface area contributed by atoms with E-state index >= 15 is 0 Å². The fraction of sp³-hybridized carbons (Fsp3) is 0.583. The third-order valence-electron chi connectivity index (χ3n) is 2.70. The fourth-order valence-electron chi connectivity index (χ4n) is 1.45. The predicted molar refractivity (Wildman–Crippen MR) is 65.9 cm³/mol. The maximum absolute atomic E-state index is 11.7. The van der Waals surface area contributed by atoms with Crippen molar-refractivity contribution in [1.29, 1.82) is 0 Å². The average Bonchev–Trinajstić information content (AvgIpc) is 3.18. The van der Waals surface area contributed by atoms with Crippen molar-refractivity contribution in [2.75, 3.05) is 18.4 Å². The lowest BCUT2D eigenvalue weighted by Crippen LogP contribution is -2.26. The summed E-state index contributed by atoms with van der Waals surface area (Å²) in [5, 5.41) is 13.8. The van der Waals surface area contributed by atoms with Crippen LogP contribution in [-0.2, 0) is 0 Å². The Bertz CT molecular complexity index is 373. The summed E-state index contributed by atoms with van der Waals surface area (Å²) in [5.41, 5.74) is 0.382. The van der Waals surface area contributed by atoms with Gasteiger partial charge in [0.1, 0.15) is 5.82 Å². The molecule has 0 aliphatic heterocycles. The highest BCUT2D eigenvalue weighted by atomic mass is 16.1. The van der Waals surface area contributed by atoms with Crippen LogP contribution < -0.4 is 10.6 Å². The highest BCUT2D eigenvalue weighted by Crippen LogP contribution is 2.27. The number of nitrogens with zero attached hydrogens (tertiary/aromatic N) is 2. The number of hydrogen-bond donors (Lipinski definition) is 2. The first-order chi connectivity index (χ1) is 8.29. The molecule has 0 atom stereocenters. The van der Waals surface area contributed by atoms with Gasteiger partial charge < -0.3 is 10.6 Å². The van der Waals surface area contributed by atoms with Crippen molar-refractivity contribution < 1.29 is 4.79 Å². The molecular weight excluding hydrogens is 216 g/mol. The van der Waals surface area contributed by atoms with Gasteiger partial charge in [0.15, 0.2) is 5.69 Å². The summed E-state index contributed by atoms with van der Waals surface area (Å²) < 4.78 is 0. The number of carbonyl (C=O) groups excluding carboxylic acids is 1. The number of amides is 1. The summed E-state index contributed by atoms with van der Waals surface area (Å²) in [5.74, 6) is 1.26. The van der Waals surface area contributed by atoms with Crippen molar-refractivity contribution in [3.05, 3.63) is 17.8 Å². The minimum Gasteiger partial charge on any atom is -0.369 e. The van der Waals surface area contributed by atoms with Gasteiger partial charge in [0.25, 0.3) is 5.91 Å². The van der Waals surface area contributed by atoms with Gasteiger partial charge in [-0.15, -0.1) is 10.2 Å². The molecule has 1 aromatic rings. The first kappa shape index (κ1) is 11.8. The van der Waals surface area contributed by atoms with Gasteiger partial charge in [0, 0.05) is 13.1 Å². The van der Waals surface area contributed by atoms with Crippen molar-refractivity contribution in [3.8, 4) is 0 Å². The molecular formula is C12H18N4O. The van der Waals surface area contributed by atoms with Crippen molar-refractivity contribution in [2.24, 2.45) is 5.92 Å². The first-order valence-corrected chi connectivity index (χ1v) is 6.15. The highest BCUT2D eigenvalue weighted by molar-refractivity contribution is 5.92. The molecule has 0 radical (unpaired) electrons. The summed E-state index contributed by atoms with van der Waals surface area (Å²) in [6.07, 6.45) is 3.49. The average molecular weight is 234 g/mol. The number of nitrogens with one attached hydrogen (secondary N) is 2. The van der Waals surface area contributed by atoms with E-state index in [1.807, 2.05) is 0 Å². The van der Waals surface area contributed by atoms with Crippen molar-refractivity contribution in [2.45, 2.75) is 26.2 Å². The third kappa shape index (κ3) is 3.69. The van der Waals surface area contributed by atoms with Crippen LogP contribution in [0.4, 0.5) is 5.82 Å². The molecule has 5 heteroatoms. The first-order valence-electron chi connectivity index (χ1n) is 6.15. The summed E-state index contributed by atoms with van der Waals surface area (Å²) in [6, 6.07) is 3.49. The maximum Gasteiger partial charge on any atom is 0.271 e. The second kappa shape index (κ2) is 5.61. The number of carbonyl (C=O) groups is 1. The molecule has 2 N–H and O–H groups in total. The Labute approximate surface area is 101 Å². The van der Waals surface area contributed by atoms with E-state index in [2.05, 4.69) is 27.8 Å². The Balaban J connectivity index is 1.84. The van der Waals surface area contributed by atoms with Crippen LogP contribution in [0.25, 0.3) is 0 Å². The minimum absolute atomic E-state index is 0.133. The lowest BCUT2D eigenvalue weighted by Gasteiger charge is -2.04. The second-order valence-corrected chi connectivity index (χ2v) is 4.38. The largest absolute Gasteiger partial charge is 0.369 e. The molecule has 1 aromatic heterocycles. The number of hydrogen-bond acceptors (Lipinski definition) is 4. The van der Waals surface area contributed by atoms with Crippen LogP contribution in [0.1, 0.15) is 36.7 Å². The van der Waals surface area contributed by atoms with Gasteiger partial charge >= 0.3 is 0 Å². The molecule has 1 heterocycles. The van der Waals surface area contributed by atoms with E-state index in [1.165, 1.54) is 12.8 Å². The molecule has 0 saturated heterocycles. The smallest absolute Gasteiger partial charge is 0.271 e. The zero-order valence-electron chi connectivity index (χ0n) is 10.1. The summed E-state index contributed by atoms with van der Waals surface area (Å²) in [7, 11) is 0. The Hall–Kier alpha value is -1.65. The second-order valence-electron chi connectivity index (χ2n) is 4.38. The van der Waals surface area contributed by atoms with Gasteiger partial charge in [0.05, 0.1) is 0 Å². The van der Waals surface area contributed by atoms with Gasteiger partial charge in [-0.3, -0.25) is 4.79 Å². The molecule has 5 nitrogen and oxygen atoms in total. The molecule has 0 spiro atoms. The molecule has 1 aliphatic rings. The molecule has 1 fully saturated rings. The lowest BCUT2D eigenvalue weighted by molar-refractivity contribution is 0.0946. The van der Waals surface area contributed by atoms with Crippen LogP contribution in [0.3, 0.4) is 0 Å². The molecule has 0 bridgehead atoms. The monoisotopic (exact) mass is 234 g/mol. The fourth-order valence-corrected chi connectivity index (χ4v) is 1.45. The van der Waals surface area contributed by atoms with Gasteiger partial charge in [-0.2, -0.15) is 0 Å². The summed E-state index contributed by atoms with van der Waals surface area (Å²) in [4.78, 5) is 11.7. The Morgan fingerprint density at radius 2 is 2.24 bits per heavy atom. The quantitative estimate of drug-likeness (QED) is 0.781. The maximum atomic E-state index is 11.7. The molecule has 92 valence electrons. The molecule has 0 aromatic carbocycles. The van der Waals surface area contributed by atoms with Gasteiger partial charge in [-0.25, -0.2) is 0 Å². The van der Waals surface area contributed by atoms with Crippen molar-refractivity contribution in [3.63, 3.8) is 0 Å². The Kier molecular flexibility index (Phi) is 3.90. The Morgan fingerprint density at radius 1 is 1.41 bits per heavy atom. The number of anilines is 1. The van der Waals surface area contributed by atoms with Gasteiger partial charge in [-0.05, 0) is 37.3 Å². The van der Waals surface area contributed by atoms with E-state index in [1.54, 1.807) is 12.1 Å². The van der Waals surface area contributed by atoms with Crippen molar-refractivity contribution in [1.82, 2.24) is 15.5 Å². The summed E-state index contributed by atoms with van der Waals surface area (Å²) in [6.45, 7) is 3.71. The third-order valence-corrected chi connectivity index (χ3v) is 2.70. The van der Waals surface area contributed by atoms with E-state index in [0.29, 0.717) is 17.4 Å². The SMILES string of the molecule is CCCNc1ccc(C(=O)NCC2CC2)nn1. The zero-order valence-corrected chi connectivity index (χ0v) is 10.1. The van der Waals surface area contributed by atoms with Crippen LogP contribution in [0.15, 0.2) is 12.1 Å².